The number of aromatic nitrogens is 1. The van der Waals surface area contributed by atoms with Crippen molar-refractivity contribution in [2.24, 2.45) is 5.73 Å². The van der Waals surface area contributed by atoms with Gasteiger partial charge in [0, 0.05) is 33.4 Å². The van der Waals surface area contributed by atoms with Crippen LogP contribution in [0.1, 0.15) is 22.6 Å². The van der Waals surface area contributed by atoms with Crippen molar-refractivity contribution in [2.45, 2.75) is 12.8 Å². The van der Waals surface area contributed by atoms with E-state index in [0.717, 1.165) is 10.9 Å². The monoisotopic (exact) mass is 378 g/mol. The molecule has 0 saturated heterocycles. The zero-order chi connectivity index (χ0) is 19.3. The number of rotatable bonds is 1. The Morgan fingerprint density at radius 1 is 1.19 bits per heavy atom. The van der Waals surface area contributed by atoms with E-state index in [-0.39, 0.29) is 17.0 Å². The van der Waals surface area contributed by atoms with Gasteiger partial charge in [-0.15, -0.1) is 0 Å². The highest BCUT2D eigenvalue weighted by Crippen LogP contribution is 2.42. The summed E-state index contributed by atoms with van der Waals surface area (Å²) in [6.07, 6.45) is 0. The second-order valence-corrected chi connectivity index (χ2v) is 6.87. The molecule has 1 unspecified atom stereocenters. The lowest BCUT2D eigenvalue weighted by atomic mass is 9.83. The van der Waals surface area contributed by atoms with Gasteiger partial charge in [-0.2, -0.15) is 5.26 Å². The fourth-order valence-electron chi connectivity index (χ4n) is 3.37. The number of nitrogens with zero attached hydrogens (tertiary/aromatic N) is 1. The Kier molecular flexibility index (Phi) is 3.83. The molecule has 0 aliphatic carbocycles. The molecule has 1 atom stereocenters. The molecule has 1 aliphatic rings. The number of benzene rings is 2. The Balaban J connectivity index is 2.02. The molecule has 4 rings (SSSR count). The van der Waals surface area contributed by atoms with E-state index in [1.165, 1.54) is 0 Å². The van der Waals surface area contributed by atoms with Gasteiger partial charge >= 0.3 is 0 Å². The first-order valence-corrected chi connectivity index (χ1v) is 8.57. The van der Waals surface area contributed by atoms with Crippen LogP contribution in [0.2, 0.25) is 5.02 Å². The number of allylic oxidation sites excluding steroid dienone is 1. The van der Waals surface area contributed by atoms with Gasteiger partial charge in [-0.25, -0.2) is 0 Å². The third-order valence-corrected chi connectivity index (χ3v) is 5.11. The van der Waals surface area contributed by atoms with Gasteiger partial charge in [-0.3, -0.25) is 4.79 Å². The average Bonchev–Trinajstić information content (AvgIpc) is 2.61. The number of nitrogen functional groups attached to an aromatic ring is 1. The number of nitrogens with two attached hydrogens (primary N) is 2. The first kappa shape index (κ1) is 17.0. The van der Waals surface area contributed by atoms with E-state index < -0.39 is 5.92 Å². The highest BCUT2D eigenvalue weighted by atomic mass is 35.5. The van der Waals surface area contributed by atoms with Crippen LogP contribution >= 0.6 is 11.6 Å². The van der Waals surface area contributed by atoms with Crippen molar-refractivity contribution in [3.8, 4) is 11.8 Å². The first-order valence-electron chi connectivity index (χ1n) is 8.19. The Labute approximate surface area is 159 Å². The summed E-state index contributed by atoms with van der Waals surface area (Å²) in [5.74, 6) is -0.251. The lowest BCUT2D eigenvalue weighted by Crippen LogP contribution is -2.25. The van der Waals surface area contributed by atoms with Gasteiger partial charge in [0.05, 0.1) is 5.92 Å². The van der Waals surface area contributed by atoms with E-state index in [2.05, 4.69) is 11.1 Å². The Morgan fingerprint density at radius 2 is 1.96 bits per heavy atom. The van der Waals surface area contributed by atoms with Crippen LogP contribution in [0.5, 0.6) is 5.75 Å². The van der Waals surface area contributed by atoms with Crippen LogP contribution in [0.4, 0.5) is 5.69 Å². The molecule has 0 bridgehead atoms. The van der Waals surface area contributed by atoms with Crippen LogP contribution in [0.3, 0.4) is 0 Å². The fourth-order valence-corrected chi connectivity index (χ4v) is 3.53. The molecule has 7 heteroatoms. The van der Waals surface area contributed by atoms with Crippen molar-refractivity contribution >= 4 is 28.2 Å². The lowest BCUT2D eigenvalue weighted by molar-refractivity contribution is 0.394. The van der Waals surface area contributed by atoms with E-state index >= 15 is 0 Å². The average molecular weight is 379 g/mol. The predicted octanol–water partition coefficient (Wildman–Crippen LogP) is 3.29. The molecule has 2 heterocycles. The van der Waals surface area contributed by atoms with E-state index in [9.17, 15) is 10.1 Å². The van der Waals surface area contributed by atoms with E-state index in [1.54, 1.807) is 30.3 Å². The molecule has 1 aromatic heterocycles. The molecule has 3 aromatic rings. The van der Waals surface area contributed by atoms with Crippen LogP contribution in [0.15, 0.2) is 52.6 Å². The minimum Gasteiger partial charge on any atom is -0.440 e. The number of H-pyrrole nitrogens is 1. The maximum atomic E-state index is 12.8. The number of aromatic amines is 1. The lowest BCUT2D eigenvalue weighted by Gasteiger charge is -2.26. The molecule has 0 amide bonds. The molecule has 0 spiro atoms. The summed E-state index contributed by atoms with van der Waals surface area (Å²) in [7, 11) is 0. The highest BCUT2D eigenvalue weighted by molar-refractivity contribution is 6.32. The van der Waals surface area contributed by atoms with E-state index in [1.807, 2.05) is 13.0 Å². The number of aryl methyl sites for hydroxylation is 1. The maximum absolute atomic E-state index is 12.8. The third-order valence-electron chi connectivity index (χ3n) is 4.71. The van der Waals surface area contributed by atoms with Crippen LogP contribution in [0, 0.1) is 18.3 Å². The van der Waals surface area contributed by atoms with Gasteiger partial charge < -0.3 is 21.2 Å². The molecule has 0 radical (unpaired) electrons. The third kappa shape index (κ3) is 2.69. The number of fused-ring (bicyclic) bond motifs is 2. The number of halogens is 1. The molecule has 0 fully saturated rings. The summed E-state index contributed by atoms with van der Waals surface area (Å²) in [5, 5.41) is 11.0. The summed E-state index contributed by atoms with van der Waals surface area (Å²) in [6, 6.07) is 12.5. The summed E-state index contributed by atoms with van der Waals surface area (Å²) < 4.78 is 5.56. The number of pyridine rings is 1. The molecule has 2 aromatic carbocycles. The number of anilines is 1. The van der Waals surface area contributed by atoms with Crippen molar-refractivity contribution in [2.75, 3.05) is 5.73 Å². The van der Waals surface area contributed by atoms with Crippen molar-refractivity contribution in [3.05, 3.63) is 79.9 Å². The van der Waals surface area contributed by atoms with Gasteiger partial charge in [0.15, 0.2) is 0 Å². The summed E-state index contributed by atoms with van der Waals surface area (Å²) in [6.45, 7) is 1.89. The van der Waals surface area contributed by atoms with Crippen molar-refractivity contribution in [3.63, 3.8) is 0 Å². The molecule has 0 saturated carbocycles. The molecular weight excluding hydrogens is 364 g/mol. The van der Waals surface area contributed by atoms with Gasteiger partial charge in [-0.05, 0) is 42.1 Å². The Morgan fingerprint density at radius 3 is 2.70 bits per heavy atom. The van der Waals surface area contributed by atoms with Gasteiger partial charge in [0.2, 0.25) is 5.88 Å². The standard InChI is InChI=1S/C20H15ClN4O2/c1-9-4-10-5-13(20(26)25-16(10)7-15(9)21)18-12-3-2-11(23)6-17(12)27-19(24)14(18)8-22/h2-7,18H,23-24H2,1H3,(H,25,26). The zero-order valence-corrected chi connectivity index (χ0v) is 15.1. The zero-order valence-electron chi connectivity index (χ0n) is 14.3. The number of hydrogen-bond acceptors (Lipinski definition) is 5. The molecular formula is C20H15ClN4O2. The predicted molar refractivity (Wildman–Crippen MR) is 104 cm³/mol. The van der Waals surface area contributed by atoms with Crippen LogP contribution < -0.4 is 21.8 Å². The smallest absolute Gasteiger partial charge is 0.252 e. The van der Waals surface area contributed by atoms with Gasteiger partial charge in [0.1, 0.15) is 17.4 Å². The van der Waals surface area contributed by atoms with Gasteiger partial charge in [-0.1, -0.05) is 17.7 Å². The van der Waals surface area contributed by atoms with E-state index in [0.29, 0.717) is 33.1 Å². The highest BCUT2D eigenvalue weighted by Gasteiger charge is 2.32. The first-order chi connectivity index (χ1) is 12.9. The topological polar surface area (TPSA) is 118 Å². The van der Waals surface area contributed by atoms with Gasteiger partial charge in [0.25, 0.3) is 5.56 Å². The maximum Gasteiger partial charge on any atom is 0.252 e. The molecule has 6 nitrogen and oxygen atoms in total. The van der Waals surface area contributed by atoms with Crippen molar-refractivity contribution in [1.82, 2.24) is 4.98 Å². The minimum atomic E-state index is -0.650. The van der Waals surface area contributed by atoms with Crippen LogP contribution in [0.25, 0.3) is 10.9 Å². The second kappa shape index (κ2) is 6.08. The molecule has 5 N–H and O–H groups in total. The Hall–Kier alpha value is -3.43. The fraction of sp³-hybridized carbons (Fsp3) is 0.100. The number of ether oxygens (including phenoxy) is 1. The van der Waals surface area contributed by atoms with Crippen LogP contribution in [-0.2, 0) is 0 Å². The summed E-state index contributed by atoms with van der Waals surface area (Å²) >= 11 is 6.16. The molecule has 134 valence electrons. The normalized spacial score (nSPS) is 16.0. The van der Waals surface area contributed by atoms with Crippen molar-refractivity contribution in [1.29, 1.82) is 5.26 Å². The molecule has 27 heavy (non-hydrogen) atoms. The SMILES string of the molecule is Cc1cc2cc(C3C(C#N)=C(N)Oc4cc(N)ccc43)c(=O)[nH]c2cc1Cl. The summed E-state index contributed by atoms with van der Waals surface area (Å²) in [4.78, 5) is 15.7. The number of nitriles is 1. The van der Waals surface area contributed by atoms with E-state index in [4.69, 9.17) is 27.8 Å². The quantitative estimate of drug-likeness (QED) is 0.561. The van der Waals surface area contributed by atoms with Crippen molar-refractivity contribution < 1.29 is 4.74 Å². The second-order valence-electron chi connectivity index (χ2n) is 6.46. The Bertz CT molecular complexity index is 1240. The largest absolute Gasteiger partial charge is 0.440 e. The minimum absolute atomic E-state index is 0.0348. The number of hydrogen-bond donors (Lipinski definition) is 3. The number of nitrogens with one attached hydrogen (secondary N) is 1. The summed E-state index contributed by atoms with van der Waals surface area (Å²) in [5.41, 5.74) is 14.7. The van der Waals surface area contributed by atoms with Crippen LogP contribution in [-0.4, -0.2) is 4.98 Å². The molecule has 1 aliphatic heterocycles.